The Morgan fingerprint density at radius 2 is 2.00 bits per heavy atom. The maximum atomic E-state index is 12.2. The zero-order valence-corrected chi connectivity index (χ0v) is 17.0. The van der Waals surface area contributed by atoms with E-state index in [4.69, 9.17) is 23.2 Å². The summed E-state index contributed by atoms with van der Waals surface area (Å²) in [6, 6.07) is 5.30. The topological polar surface area (TPSA) is 81.1 Å². The molecule has 0 unspecified atom stereocenters. The van der Waals surface area contributed by atoms with E-state index in [0.29, 0.717) is 28.8 Å². The average Bonchev–Trinajstić information content (AvgIpc) is 2.93. The lowest BCUT2D eigenvalue weighted by Crippen LogP contribution is -2.32. The summed E-state index contributed by atoms with van der Waals surface area (Å²) in [6.07, 6.45) is 3.71. The Morgan fingerprint density at radius 3 is 2.69 bits per heavy atom. The predicted octanol–water partition coefficient (Wildman–Crippen LogP) is 3.80. The van der Waals surface area contributed by atoms with Gasteiger partial charge in [0.15, 0.2) is 0 Å². The van der Waals surface area contributed by atoms with Crippen LogP contribution in [0.2, 0.25) is 10.0 Å². The van der Waals surface area contributed by atoms with Crippen LogP contribution in [0.15, 0.2) is 24.4 Å². The Kier molecular flexibility index (Phi) is 7.08. The Labute approximate surface area is 163 Å². The van der Waals surface area contributed by atoms with Crippen LogP contribution >= 0.6 is 23.2 Å². The second-order valence-corrected chi connectivity index (χ2v) is 8.60. The van der Waals surface area contributed by atoms with Crippen LogP contribution in [0.4, 0.5) is 0 Å². The summed E-state index contributed by atoms with van der Waals surface area (Å²) in [6.45, 7) is 4.08. The summed E-state index contributed by atoms with van der Waals surface area (Å²) in [5.41, 5.74) is 0.818. The van der Waals surface area contributed by atoms with Crippen molar-refractivity contribution in [2.75, 3.05) is 5.75 Å². The molecular formula is C17H21Cl2N3O3S. The van der Waals surface area contributed by atoms with Gasteiger partial charge in [0.25, 0.3) is 5.91 Å². The van der Waals surface area contributed by atoms with Gasteiger partial charge in [0.2, 0.25) is 10.0 Å². The molecule has 1 aromatic heterocycles. The van der Waals surface area contributed by atoms with E-state index < -0.39 is 15.9 Å². The molecule has 1 heterocycles. The van der Waals surface area contributed by atoms with Gasteiger partial charge in [0.1, 0.15) is 11.5 Å². The number of sulfonamides is 1. The third-order valence-corrected chi connectivity index (χ3v) is 6.03. The van der Waals surface area contributed by atoms with E-state index in [0.717, 1.165) is 18.4 Å². The maximum absolute atomic E-state index is 12.2. The Bertz CT molecular complexity index is 895. The molecule has 142 valence electrons. The number of rotatable bonds is 8. The molecule has 0 saturated carbocycles. The van der Waals surface area contributed by atoms with Crippen LogP contribution in [0, 0.1) is 6.92 Å². The van der Waals surface area contributed by atoms with Crippen molar-refractivity contribution >= 4 is 39.1 Å². The number of unbranched alkanes of at least 4 members (excludes halogenated alkanes) is 2. The fourth-order valence-corrected chi connectivity index (χ4v) is 3.87. The van der Waals surface area contributed by atoms with E-state index in [2.05, 4.69) is 9.71 Å². The first kappa shape index (κ1) is 20.7. The van der Waals surface area contributed by atoms with Crippen molar-refractivity contribution in [1.82, 2.24) is 14.3 Å². The number of halogens is 2. The van der Waals surface area contributed by atoms with Gasteiger partial charge in [-0.3, -0.25) is 4.79 Å². The second kappa shape index (κ2) is 8.88. The summed E-state index contributed by atoms with van der Waals surface area (Å²) in [7, 11) is -3.66. The minimum atomic E-state index is -3.66. The van der Waals surface area contributed by atoms with Gasteiger partial charge < -0.3 is 4.57 Å². The van der Waals surface area contributed by atoms with Gasteiger partial charge in [0, 0.05) is 6.20 Å². The molecule has 1 amide bonds. The Balaban J connectivity index is 2.11. The highest BCUT2D eigenvalue weighted by Gasteiger charge is 2.19. The second-order valence-electron chi connectivity index (χ2n) is 5.97. The van der Waals surface area contributed by atoms with E-state index in [9.17, 15) is 13.2 Å². The van der Waals surface area contributed by atoms with Gasteiger partial charge in [-0.25, -0.2) is 18.1 Å². The van der Waals surface area contributed by atoms with E-state index in [-0.39, 0.29) is 11.4 Å². The van der Waals surface area contributed by atoms with Crippen LogP contribution in [0.25, 0.3) is 0 Å². The largest absolute Gasteiger partial charge is 0.330 e. The third kappa shape index (κ3) is 5.46. The van der Waals surface area contributed by atoms with E-state index in [1.807, 2.05) is 13.0 Å². The van der Waals surface area contributed by atoms with Crippen LogP contribution in [0.3, 0.4) is 0 Å². The molecule has 1 aromatic carbocycles. The highest BCUT2D eigenvalue weighted by molar-refractivity contribution is 7.90. The highest BCUT2D eigenvalue weighted by Crippen LogP contribution is 2.26. The molecule has 6 nitrogen and oxygen atoms in total. The number of amides is 1. The van der Waals surface area contributed by atoms with Crippen LogP contribution in [0.5, 0.6) is 0 Å². The van der Waals surface area contributed by atoms with Crippen molar-refractivity contribution in [2.45, 2.75) is 39.7 Å². The Hall–Kier alpha value is -1.57. The van der Waals surface area contributed by atoms with Crippen molar-refractivity contribution in [3.05, 3.63) is 51.5 Å². The molecule has 0 saturated heterocycles. The van der Waals surface area contributed by atoms with E-state index in [1.54, 1.807) is 23.6 Å². The van der Waals surface area contributed by atoms with E-state index in [1.165, 1.54) is 6.20 Å². The zero-order chi connectivity index (χ0) is 19.3. The van der Waals surface area contributed by atoms with Crippen LogP contribution < -0.4 is 4.72 Å². The van der Waals surface area contributed by atoms with Gasteiger partial charge in [-0.15, -0.1) is 0 Å². The monoisotopic (exact) mass is 417 g/mol. The van der Waals surface area contributed by atoms with E-state index >= 15 is 0 Å². The summed E-state index contributed by atoms with van der Waals surface area (Å²) >= 11 is 12.2. The molecule has 9 heteroatoms. The number of aromatic nitrogens is 2. The zero-order valence-electron chi connectivity index (χ0n) is 14.6. The summed E-state index contributed by atoms with van der Waals surface area (Å²) in [4.78, 5) is 16.4. The highest BCUT2D eigenvalue weighted by atomic mass is 35.5. The number of nitrogens with one attached hydrogen (secondary N) is 1. The predicted molar refractivity (Wildman–Crippen MR) is 103 cm³/mol. The minimum absolute atomic E-state index is 0.0414. The molecule has 0 fully saturated rings. The van der Waals surface area contributed by atoms with Gasteiger partial charge in [-0.1, -0.05) is 55.1 Å². The smallest absolute Gasteiger partial charge is 0.284 e. The van der Waals surface area contributed by atoms with Crippen molar-refractivity contribution in [3.63, 3.8) is 0 Å². The first-order valence-corrected chi connectivity index (χ1v) is 10.7. The molecular weight excluding hydrogens is 397 g/mol. The molecule has 0 aliphatic carbocycles. The molecule has 1 N–H and O–H groups in total. The van der Waals surface area contributed by atoms with Crippen LogP contribution in [-0.2, 0) is 16.6 Å². The molecule has 0 bridgehead atoms. The fourth-order valence-electron chi connectivity index (χ4n) is 2.42. The first-order chi connectivity index (χ1) is 12.2. The number of benzene rings is 1. The fraction of sp³-hybridized carbons (Fsp3) is 0.412. The molecule has 0 aliphatic rings. The lowest BCUT2D eigenvalue weighted by molar-refractivity contribution is 0.0977. The molecule has 26 heavy (non-hydrogen) atoms. The molecule has 0 spiro atoms. The van der Waals surface area contributed by atoms with Gasteiger partial charge in [0.05, 0.1) is 22.3 Å². The summed E-state index contributed by atoms with van der Waals surface area (Å²) in [5, 5.41) is 0.879. The number of carbonyl (C=O) groups excluding carboxylic acids is 1. The molecule has 0 aliphatic heterocycles. The van der Waals surface area contributed by atoms with Crippen molar-refractivity contribution in [1.29, 1.82) is 0 Å². The van der Waals surface area contributed by atoms with Crippen molar-refractivity contribution < 1.29 is 13.2 Å². The standard InChI is InChI=1S/C17H21Cl2N3O3S/c1-3-4-5-9-26(24,25)21-17(23)15-11-22(12(2)20-15)10-13-7-6-8-14(18)16(13)19/h6-8,11H,3-5,9-10H2,1-2H3,(H,21,23). The lowest BCUT2D eigenvalue weighted by Gasteiger charge is -2.08. The van der Waals surface area contributed by atoms with Gasteiger partial charge >= 0.3 is 0 Å². The van der Waals surface area contributed by atoms with Gasteiger partial charge in [-0.2, -0.15) is 0 Å². The molecule has 0 atom stereocenters. The van der Waals surface area contributed by atoms with Crippen molar-refractivity contribution in [3.8, 4) is 0 Å². The van der Waals surface area contributed by atoms with Crippen molar-refractivity contribution in [2.24, 2.45) is 0 Å². The SMILES string of the molecule is CCCCCS(=O)(=O)NC(=O)c1cn(Cc2cccc(Cl)c2Cl)c(C)n1. The first-order valence-electron chi connectivity index (χ1n) is 8.25. The number of hydrogen-bond acceptors (Lipinski definition) is 4. The normalized spacial score (nSPS) is 11.5. The number of carbonyl (C=O) groups is 1. The number of hydrogen-bond donors (Lipinski definition) is 1. The maximum Gasteiger partial charge on any atom is 0.284 e. The quantitative estimate of drug-likeness (QED) is 0.662. The van der Waals surface area contributed by atoms with Crippen LogP contribution in [-0.4, -0.2) is 29.6 Å². The molecule has 2 aromatic rings. The Morgan fingerprint density at radius 1 is 1.27 bits per heavy atom. The number of nitrogens with zero attached hydrogens (tertiary/aromatic N) is 2. The average molecular weight is 418 g/mol. The van der Waals surface area contributed by atoms with Crippen LogP contribution in [0.1, 0.15) is 48.1 Å². The number of aryl methyl sites for hydroxylation is 1. The molecule has 0 radical (unpaired) electrons. The lowest BCUT2D eigenvalue weighted by atomic mass is 10.2. The number of imidazole rings is 1. The van der Waals surface area contributed by atoms with Gasteiger partial charge in [-0.05, 0) is 25.0 Å². The summed E-state index contributed by atoms with van der Waals surface area (Å²) in [5.74, 6) is -0.250. The third-order valence-electron chi connectivity index (χ3n) is 3.85. The summed E-state index contributed by atoms with van der Waals surface area (Å²) < 4.78 is 27.7. The minimum Gasteiger partial charge on any atom is -0.330 e. The molecule has 2 rings (SSSR count).